The Morgan fingerprint density at radius 1 is 1.19 bits per heavy atom. The van der Waals surface area contributed by atoms with Crippen LogP contribution < -0.4 is 5.73 Å². The Labute approximate surface area is 126 Å². The molecule has 0 spiro atoms. The van der Waals surface area contributed by atoms with Crippen molar-refractivity contribution in [3.63, 3.8) is 0 Å². The lowest BCUT2D eigenvalue weighted by Gasteiger charge is -2.34. The average Bonchev–Trinajstić information content (AvgIpc) is 2.54. The molecule has 0 radical (unpaired) electrons. The van der Waals surface area contributed by atoms with E-state index >= 15 is 0 Å². The van der Waals surface area contributed by atoms with Crippen LogP contribution in [0.1, 0.15) is 11.5 Å². The van der Waals surface area contributed by atoms with Crippen molar-refractivity contribution in [2.45, 2.75) is 5.92 Å². The van der Waals surface area contributed by atoms with Crippen molar-refractivity contribution in [1.29, 1.82) is 0 Å². The summed E-state index contributed by atoms with van der Waals surface area (Å²) in [7, 11) is 2.19. The smallest absolute Gasteiger partial charge is 0.0702 e. The molecule has 3 rings (SSSR count). The molecular formula is C17H24N4. The molecule has 1 atom stereocenters. The van der Waals surface area contributed by atoms with E-state index in [9.17, 15) is 0 Å². The first-order valence-electron chi connectivity index (χ1n) is 7.72. The van der Waals surface area contributed by atoms with Crippen LogP contribution in [0.15, 0.2) is 36.5 Å². The van der Waals surface area contributed by atoms with Gasteiger partial charge in [-0.15, -0.1) is 0 Å². The highest BCUT2D eigenvalue weighted by Gasteiger charge is 2.19. The van der Waals surface area contributed by atoms with Gasteiger partial charge in [0.1, 0.15) is 0 Å². The fourth-order valence-corrected chi connectivity index (χ4v) is 2.97. The van der Waals surface area contributed by atoms with Crippen LogP contribution in [0, 0.1) is 0 Å². The number of piperazine rings is 1. The minimum Gasteiger partial charge on any atom is -0.330 e. The molecule has 0 saturated carbocycles. The largest absolute Gasteiger partial charge is 0.330 e. The van der Waals surface area contributed by atoms with E-state index in [0.29, 0.717) is 12.5 Å². The van der Waals surface area contributed by atoms with Gasteiger partial charge in [-0.2, -0.15) is 0 Å². The fourth-order valence-electron chi connectivity index (χ4n) is 2.97. The summed E-state index contributed by atoms with van der Waals surface area (Å²) in [5.74, 6) is 0.366. The van der Waals surface area contributed by atoms with E-state index in [4.69, 9.17) is 5.73 Å². The summed E-state index contributed by atoms with van der Waals surface area (Å²) in [6, 6.07) is 10.5. The number of pyridine rings is 1. The Morgan fingerprint density at radius 2 is 1.95 bits per heavy atom. The van der Waals surface area contributed by atoms with Gasteiger partial charge >= 0.3 is 0 Å². The van der Waals surface area contributed by atoms with Gasteiger partial charge < -0.3 is 15.5 Å². The first-order valence-corrected chi connectivity index (χ1v) is 7.72. The molecule has 0 aliphatic carbocycles. The van der Waals surface area contributed by atoms with E-state index in [2.05, 4.69) is 46.1 Å². The molecule has 1 aliphatic heterocycles. The number of benzene rings is 1. The van der Waals surface area contributed by atoms with Gasteiger partial charge in [0.15, 0.2) is 0 Å². The van der Waals surface area contributed by atoms with Crippen LogP contribution >= 0.6 is 0 Å². The number of hydrogen-bond acceptors (Lipinski definition) is 4. The molecule has 1 saturated heterocycles. The van der Waals surface area contributed by atoms with Gasteiger partial charge in [0.25, 0.3) is 0 Å². The van der Waals surface area contributed by atoms with Gasteiger partial charge in [0, 0.05) is 56.8 Å². The number of likely N-dealkylation sites (N-methyl/N-ethyl adjacent to an activating group) is 1. The van der Waals surface area contributed by atoms with E-state index in [1.807, 2.05) is 12.3 Å². The molecule has 112 valence electrons. The molecule has 2 N–H and O–H groups in total. The van der Waals surface area contributed by atoms with E-state index in [-0.39, 0.29) is 0 Å². The molecule has 4 heteroatoms. The molecule has 1 unspecified atom stereocenters. The summed E-state index contributed by atoms with van der Waals surface area (Å²) in [5, 5.41) is 1.20. The van der Waals surface area contributed by atoms with Crippen molar-refractivity contribution in [2.75, 3.05) is 46.3 Å². The van der Waals surface area contributed by atoms with Gasteiger partial charge in [0.05, 0.1) is 5.52 Å². The third-order valence-corrected chi connectivity index (χ3v) is 4.44. The van der Waals surface area contributed by atoms with Crippen molar-refractivity contribution >= 4 is 10.9 Å². The van der Waals surface area contributed by atoms with Gasteiger partial charge in [-0.05, 0) is 24.7 Å². The predicted octanol–water partition coefficient (Wildman–Crippen LogP) is 1.52. The SMILES string of the molecule is CN1CCN(CC(CN)c2cnc3ccccc3c2)CC1. The molecule has 4 nitrogen and oxygen atoms in total. The number of fused-ring (bicyclic) bond motifs is 1. The topological polar surface area (TPSA) is 45.4 Å². The third-order valence-electron chi connectivity index (χ3n) is 4.44. The second kappa shape index (κ2) is 6.52. The summed E-state index contributed by atoms with van der Waals surface area (Å²) in [6.07, 6.45) is 2.00. The Kier molecular flexibility index (Phi) is 4.48. The van der Waals surface area contributed by atoms with Crippen LogP contribution in [0.25, 0.3) is 10.9 Å². The molecule has 21 heavy (non-hydrogen) atoms. The highest BCUT2D eigenvalue weighted by molar-refractivity contribution is 5.78. The number of hydrogen-bond donors (Lipinski definition) is 1. The normalized spacial score (nSPS) is 19.0. The van der Waals surface area contributed by atoms with Crippen LogP contribution in [0.4, 0.5) is 0 Å². The van der Waals surface area contributed by atoms with Crippen LogP contribution in [0.5, 0.6) is 0 Å². The minimum absolute atomic E-state index is 0.366. The van der Waals surface area contributed by atoms with E-state index < -0.39 is 0 Å². The van der Waals surface area contributed by atoms with E-state index in [1.54, 1.807) is 0 Å². The Bertz CT molecular complexity index is 590. The van der Waals surface area contributed by atoms with Crippen molar-refractivity contribution in [2.24, 2.45) is 5.73 Å². The molecule has 0 amide bonds. The lowest BCUT2D eigenvalue weighted by Crippen LogP contribution is -2.46. The quantitative estimate of drug-likeness (QED) is 0.925. The zero-order valence-electron chi connectivity index (χ0n) is 12.7. The van der Waals surface area contributed by atoms with Crippen LogP contribution in [-0.4, -0.2) is 61.1 Å². The highest BCUT2D eigenvalue weighted by atomic mass is 15.2. The lowest BCUT2D eigenvalue weighted by molar-refractivity contribution is 0.147. The maximum absolute atomic E-state index is 6.03. The van der Waals surface area contributed by atoms with Gasteiger partial charge in [0.2, 0.25) is 0 Å². The first-order chi connectivity index (χ1) is 10.3. The molecule has 2 aromatic rings. The maximum Gasteiger partial charge on any atom is 0.0702 e. The Balaban J connectivity index is 1.74. The van der Waals surface area contributed by atoms with Gasteiger partial charge in [-0.3, -0.25) is 4.98 Å². The molecule has 1 fully saturated rings. The van der Waals surface area contributed by atoms with Crippen molar-refractivity contribution in [3.05, 3.63) is 42.1 Å². The second-order valence-electron chi connectivity index (χ2n) is 6.00. The zero-order chi connectivity index (χ0) is 14.7. The van der Waals surface area contributed by atoms with Crippen LogP contribution in [0.3, 0.4) is 0 Å². The summed E-state index contributed by atoms with van der Waals surface area (Å²) < 4.78 is 0. The molecular weight excluding hydrogens is 260 g/mol. The average molecular weight is 284 g/mol. The number of aromatic nitrogens is 1. The summed E-state index contributed by atoms with van der Waals surface area (Å²) in [4.78, 5) is 9.47. The Hall–Kier alpha value is -1.49. The molecule has 1 aromatic heterocycles. The van der Waals surface area contributed by atoms with Crippen molar-refractivity contribution in [1.82, 2.24) is 14.8 Å². The van der Waals surface area contributed by atoms with Gasteiger partial charge in [-0.25, -0.2) is 0 Å². The van der Waals surface area contributed by atoms with Crippen LogP contribution in [0.2, 0.25) is 0 Å². The minimum atomic E-state index is 0.366. The van der Waals surface area contributed by atoms with E-state index in [0.717, 1.165) is 38.2 Å². The maximum atomic E-state index is 6.03. The number of rotatable bonds is 4. The van der Waals surface area contributed by atoms with Gasteiger partial charge in [-0.1, -0.05) is 18.2 Å². The molecule has 0 bridgehead atoms. The predicted molar refractivity (Wildman–Crippen MR) is 87.5 cm³/mol. The first kappa shape index (κ1) is 14.4. The Morgan fingerprint density at radius 3 is 2.71 bits per heavy atom. The van der Waals surface area contributed by atoms with Crippen molar-refractivity contribution in [3.8, 4) is 0 Å². The highest BCUT2D eigenvalue weighted by Crippen LogP contribution is 2.20. The number of para-hydroxylation sites is 1. The molecule has 1 aliphatic rings. The zero-order valence-corrected chi connectivity index (χ0v) is 12.7. The monoisotopic (exact) mass is 284 g/mol. The fraction of sp³-hybridized carbons (Fsp3) is 0.471. The van der Waals surface area contributed by atoms with Crippen LogP contribution in [-0.2, 0) is 0 Å². The summed E-state index contributed by atoms with van der Waals surface area (Å²) in [5.41, 5.74) is 8.34. The summed E-state index contributed by atoms with van der Waals surface area (Å²) in [6.45, 7) is 6.26. The second-order valence-corrected chi connectivity index (χ2v) is 6.00. The molecule has 2 heterocycles. The number of nitrogens with two attached hydrogens (primary N) is 1. The molecule has 1 aromatic carbocycles. The third kappa shape index (κ3) is 3.40. The standard InChI is InChI=1S/C17H24N4/c1-20-6-8-21(9-7-20)13-16(11-18)15-10-14-4-2-3-5-17(14)19-12-15/h2-5,10,12,16H,6-9,11,13,18H2,1H3. The number of nitrogens with zero attached hydrogens (tertiary/aromatic N) is 3. The van der Waals surface area contributed by atoms with E-state index in [1.165, 1.54) is 10.9 Å². The summed E-state index contributed by atoms with van der Waals surface area (Å²) >= 11 is 0. The van der Waals surface area contributed by atoms with Crippen molar-refractivity contribution < 1.29 is 0 Å². The lowest BCUT2D eigenvalue weighted by atomic mass is 9.98.